The number of aromatic nitrogens is 2. The Balaban J connectivity index is 0.940. The van der Waals surface area contributed by atoms with Crippen molar-refractivity contribution < 1.29 is 4.42 Å². The average molecular weight is 675 g/mol. The van der Waals surface area contributed by atoms with Crippen molar-refractivity contribution in [2.24, 2.45) is 0 Å². The van der Waals surface area contributed by atoms with Gasteiger partial charge in [0.25, 0.3) is 0 Å². The van der Waals surface area contributed by atoms with Gasteiger partial charge in [0.15, 0.2) is 0 Å². The van der Waals surface area contributed by atoms with Gasteiger partial charge in [0, 0.05) is 32.7 Å². The van der Waals surface area contributed by atoms with Crippen LogP contribution in [0.1, 0.15) is 0 Å². The van der Waals surface area contributed by atoms with Gasteiger partial charge in [-0.1, -0.05) is 146 Å². The molecule has 0 fully saturated rings. The molecular weight excluding hydrogens is 645 g/mol. The van der Waals surface area contributed by atoms with Crippen LogP contribution in [0.2, 0.25) is 0 Å². The third-order valence-corrected chi connectivity index (χ3v) is 10.7. The van der Waals surface area contributed by atoms with E-state index in [4.69, 9.17) is 14.4 Å². The number of hydrogen-bond donors (Lipinski definition) is 0. The summed E-state index contributed by atoms with van der Waals surface area (Å²) >= 11 is 0. The summed E-state index contributed by atoms with van der Waals surface area (Å²) < 4.78 is 6.05. The van der Waals surface area contributed by atoms with Gasteiger partial charge < -0.3 is 4.42 Å². The normalized spacial score (nSPS) is 11.8. The van der Waals surface area contributed by atoms with Gasteiger partial charge in [-0.2, -0.15) is 0 Å². The fourth-order valence-corrected chi connectivity index (χ4v) is 7.94. The SMILES string of the molecule is c1ccc2c(c1)cc(-c1ccc(-c3ccc4ccc5ccc(-c6ccc(-c7ccc8oc9ccccc9c8c7)cc6)nc5c4n3)cc1)c1ccccc12. The molecule has 11 aromatic rings. The molecule has 3 heterocycles. The van der Waals surface area contributed by atoms with E-state index < -0.39 is 0 Å². The van der Waals surface area contributed by atoms with Crippen molar-refractivity contribution in [3.8, 4) is 44.8 Å². The predicted octanol–water partition coefficient (Wildman–Crippen LogP) is 13.7. The summed E-state index contributed by atoms with van der Waals surface area (Å²) in [6, 6.07) is 64.5. The summed E-state index contributed by atoms with van der Waals surface area (Å²) in [6.07, 6.45) is 0. The lowest BCUT2D eigenvalue weighted by Gasteiger charge is -2.12. The molecule has 0 unspecified atom stereocenters. The Labute approximate surface area is 305 Å². The molecule has 0 radical (unpaired) electrons. The van der Waals surface area contributed by atoms with Gasteiger partial charge in [-0.3, -0.25) is 0 Å². The molecule has 0 atom stereocenters. The molecule has 0 aliphatic carbocycles. The van der Waals surface area contributed by atoms with E-state index in [1.54, 1.807) is 0 Å². The number of fused-ring (bicyclic) bond motifs is 9. The molecule has 3 heteroatoms. The minimum absolute atomic E-state index is 0.905. The molecule has 0 amide bonds. The first-order valence-electron chi connectivity index (χ1n) is 18.0. The van der Waals surface area contributed by atoms with E-state index in [1.165, 1.54) is 32.7 Å². The molecule has 0 saturated carbocycles. The van der Waals surface area contributed by atoms with E-state index in [0.29, 0.717) is 0 Å². The number of nitrogens with zero attached hydrogens (tertiary/aromatic N) is 2. The third-order valence-electron chi connectivity index (χ3n) is 10.7. The van der Waals surface area contributed by atoms with Crippen molar-refractivity contribution in [3.63, 3.8) is 0 Å². The maximum absolute atomic E-state index is 6.05. The maximum Gasteiger partial charge on any atom is 0.135 e. The van der Waals surface area contributed by atoms with Crippen LogP contribution in [0.3, 0.4) is 0 Å². The van der Waals surface area contributed by atoms with Gasteiger partial charge in [-0.25, -0.2) is 9.97 Å². The molecule has 0 aliphatic heterocycles. The van der Waals surface area contributed by atoms with Gasteiger partial charge in [0.1, 0.15) is 11.2 Å². The number of rotatable bonds is 4. The highest BCUT2D eigenvalue weighted by atomic mass is 16.3. The first-order chi connectivity index (χ1) is 26.2. The molecule has 246 valence electrons. The molecule has 8 aromatic carbocycles. The molecular formula is C50H30N2O. The number of hydrogen-bond acceptors (Lipinski definition) is 3. The third kappa shape index (κ3) is 4.90. The van der Waals surface area contributed by atoms with E-state index in [1.807, 2.05) is 12.1 Å². The Morgan fingerprint density at radius 2 is 0.811 bits per heavy atom. The zero-order valence-corrected chi connectivity index (χ0v) is 28.6. The Hall–Kier alpha value is -7.10. The number of benzene rings is 8. The van der Waals surface area contributed by atoms with Crippen LogP contribution in [0, 0.1) is 0 Å². The second-order valence-corrected chi connectivity index (χ2v) is 13.8. The fraction of sp³-hybridized carbons (Fsp3) is 0. The number of pyridine rings is 2. The van der Waals surface area contributed by atoms with E-state index in [9.17, 15) is 0 Å². The second-order valence-electron chi connectivity index (χ2n) is 13.8. The zero-order chi connectivity index (χ0) is 34.9. The first-order valence-corrected chi connectivity index (χ1v) is 18.0. The predicted molar refractivity (Wildman–Crippen MR) is 221 cm³/mol. The largest absolute Gasteiger partial charge is 0.456 e. The summed E-state index contributed by atoms with van der Waals surface area (Å²) in [7, 11) is 0. The highest BCUT2D eigenvalue weighted by molar-refractivity contribution is 6.14. The topological polar surface area (TPSA) is 38.9 Å². The minimum Gasteiger partial charge on any atom is -0.456 e. The Kier molecular flexibility index (Phi) is 6.55. The second kappa shape index (κ2) is 11.7. The molecule has 3 aromatic heterocycles. The lowest BCUT2D eigenvalue weighted by molar-refractivity contribution is 0.669. The molecule has 0 bridgehead atoms. The molecule has 53 heavy (non-hydrogen) atoms. The van der Waals surface area contributed by atoms with E-state index in [-0.39, 0.29) is 0 Å². The summed E-state index contributed by atoms with van der Waals surface area (Å²) in [4.78, 5) is 10.4. The van der Waals surface area contributed by atoms with Crippen LogP contribution < -0.4 is 0 Å². The molecule has 3 nitrogen and oxygen atoms in total. The van der Waals surface area contributed by atoms with Crippen molar-refractivity contribution in [1.82, 2.24) is 9.97 Å². The molecule has 0 N–H and O–H groups in total. The Morgan fingerprint density at radius 1 is 0.302 bits per heavy atom. The average Bonchev–Trinajstić information content (AvgIpc) is 3.61. The van der Waals surface area contributed by atoms with Crippen molar-refractivity contribution in [3.05, 3.63) is 182 Å². The summed E-state index contributed by atoms with van der Waals surface area (Å²) in [5.74, 6) is 0. The highest BCUT2D eigenvalue weighted by Gasteiger charge is 2.13. The highest BCUT2D eigenvalue weighted by Crippen LogP contribution is 2.37. The summed E-state index contributed by atoms with van der Waals surface area (Å²) in [5, 5.41) is 9.47. The molecule has 0 aliphatic rings. The van der Waals surface area contributed by atoms with Gasteiger partial charge in [-0.05, 0) is 80.2 Å². The lowest BCUT2D eigenvalue weighted by atomic mass is 9.93. The van der Waals surface area contributed by atoms with Crippen LogP contribution >= 0.6 is 0 Å². The quantitative estimate of drug-likeness (QED) is 0.174. The Morgan fingerprint density at radius 3 is 1.51 bits per heavy atom. The Bertz CT molecular complexity index is 3210. The lowest BCUT2D eigenvalue weighted by Crippen LogP contribution is -1.91. The molecule has 11 rings (SSSR count). The van der Waals surface area contributed by atoms with Crippen LogP contribution in [-0.4, -0.2) is 9.97 Å². The summed E-state index contributed by atoms with van der Waals surface area (Å²) in [5.41, 5.74) is 12.4. The van der Waals surface area contributed by atoms with Crippen LogP contribution in [-0.2, 0) is 0 Å². The van der Waals surface area contributed by atoms with Crippen molar-refractivity contribution in [2.75, 3.05) is 0 Å². The van der Waals surface area contributed by atoms with Gasteiger partial charge in [0.05, 0.1) is 22.4 Å². The zero-order valence-electron chi connectivity index (χ0n) is 28.6. The van der Waals surface area contributed by atoms with Crippen LogP contribution in [0.4, 0.5) is 0 Å². The first kappa shape index (κ1) is 29.6. The van der Waals surface area contributed by atoms with Gasteiger partial charge >= 0.3 is 0 Å². The maximum atomic E-state index is 6.05. The van der Waals surface area contributed by atoms with Crippen LogP contribution in [0.15, 0.2) is 186 Å². The van der Waals surface area contributed by atoms with E-state index in [0.717, 1.165) is 77.4 Å². The van der Waals surface area contributed by atoms with Crippen molar-refractivity contribution in [2.45, 2.75) is 0 Å². The smallest absolute Gasteiger partial charge is 0.135 e. The van der Waals surface area contributed by atoms with E-state index in [2.05, 4.69) is 170 Å². The standard InChI is InChI=1S/C50H30N2O/c1-2-8-39-38(7-1)30-43(41-10-4-3-9-40(39)41)32-15-19-34(20-16-32)46-27-24-36-22-21-35-23-26-45(51-49(35)50(36)52-46)33-17-13-31(14-18-33)37-25-28-48-44(29-37)42-11-5-6-12-47(42)53-48/h1-30H. The number of furan rings is 1. The van der Waals surface area contributed by atoms with Crippen molar-refractivity contribution in [1.29, 1.82) is 0 Å². The van der Waals surface area contributed by atoms with Gasteiger partial charge in [0.2, 0.25) is 0 Å². The monoisotopic (exact) mass is 674 g/mol. The van der Waals surface area contributed by atoms with Crippen LogP contribution in [0.25, 0.3) is 110 Å². The van der Waals surface area contributed by atoms with Gasteiger partial charge in [-0.15, -0.1) is 0 Å². The minimum atomic E-state index is 0.905. The van der Waals surface area contributed by atoms with Crippen molar-refractivity contribution >= 4 is 65.3 Å². The molecule has 0 saturated heterocycles. The fourth-order valence-electron chi connectivity index (χ4n) is 7.94. The van der Waals surface area contributed by atoms with E-state index >= 15 is 0 Å². The summed E-state index contributed by atoms with van der Waals surface area (Å²) in [6.45, 7) is 0. The molecule has 0 spiro atoms. The number of para-hydroxylation sites is 1. The van der Waals surface area contributed by atoms with Crippen LogP contribution in [0.5, 0.6) is 0 Å².